The van der Waals surface area contributed by atoms with E-state index in [0.717, 1.165) is 0 Å². The molecule has 0 aromatic carbocycles. The van der Waals surface area contributed by atoms with E-state index in [1.165, 1.54) is 12.2 Å². The van der Waals surface area contributed by atoms with Crippen molar-refractivity contribution in [2.45, 2.75) is 26.7 Å². The van der Waals surface area contributed by atoms with Crippen LogP contribution in [0.1, 0.15) is 26.7 Å². The van der Waals surface area contributed by atoms with Crippen LogP contribution >= 0.6 is 8.25 Å². The maximum Gasteiger partial charge on any atom is 0.330 e. The summed E-state index contributed by atoms with van der Waals surface area (Å²) in [6.07, 6.45) is 6.67. The van der Waals surface area contributed by atoms with Gasteiger partial charge in [-0.2, -0.15) is 0 Å². The lowest BCUT2D eigenvalue weighted by atomic mass is 10.5. The third kappa shape index (κ3) is 13.5. The summed E-state index contributed by atoms with van der Waals surface area (Å²) in [5.74, 6) is -0.835. The van der Waals surface area contributed by atoms with Crippen LogP contribution < -0.4 is 0 Å². The van der Waals surface area contributed by atoms with Gasteiger partial charge in [0.1, 0.15) is 0 Å². The first kappa shape index (κ1) is 20.6. The molecule has 0 saturated heterocycles. The van der Waals surface area contributed by atoms with Gasteiger partial charge in [0.25, 0.3) is 0 Å². The van der Waals surface area contributed by atoms with Crippen LogP contribution in [0.2, 0.25) is 0 Å². The normalized spacial score (nSPS) is 12.6. The van der Waals surface area contributed by atoms with Gasteiger partial charge in [0.15, 0.2) is 0 Å². The molecule has 8 heteroatoms. The van der Waals surface area contributed by atoms with E-state index in [4.69, 9.17) is 18.5 Å². The molecular formula is C14H23O7P. The first-order chi connectivity index (χ1) is 10.6. The van der Waals surface area contributed by atoms with Gasteiger partial charge in [-0.3, -0.25) is 4.57 Å². The van der Waals surface area contributed by atoms with Crippen molar-refractivity contribution in [3.8, 4) is 0 Å². The zero-order chi connectivity index (χ0) is 16.6. The molecule has 0 fully saturated rings. The van der Waals surface area contributed by atoms with Crippen LogP contribution in [0.25, 0.3) is 0 Å². The van der Waals surface area contributed by atoms with Crippen LogP contribution in [-0.2, 0) is 32.7 Å². The van der Waals surface area contributed by atoms with E-state index in [2.05, 4.69) is 0 Å². The molecule has 0 aromatic rings. The second-order valence-corrected chi connectivity index (χ2v) is 5.07. The lowest BCUT2D eigenvalue weighted by Crippen LogP contribution is -2.05. The molecule has 0 aliphatic rings. The molecule has 0 rings (SSSR count). The lowest BCUT2D eigenvalue weighted by Gasteiger charge is -2.06. The molecule has 0 saturated carbocycles. The van der Waals surface area contributed by atoms with Crippen molar-refractivity contribution in [1.82, 2.24) is 0 Å². The van der Waals surface area contributed by atoms with E-state index in [9.17, 15) is 14.2 Å². The minimum Gasteiger partial charge on any atom is -0.462 e. The summed E-state index contributed by atoms with van der Waals surface area (Å²) in [6, 6.07) is 0. The van der Waals surface area contributed by atoms with Crippen molar-refractivity contribution >= 4 is 20.2 Å². The molecule has 0 unspecified atom stereocenters. The summed E-state index contributed by atoms with van der Waals surface area (Å²) >= 11 is 0. The van der Waals surface area contributed by atoms with Crippen molar-refractivity contribution in [3.05, 3.63) is 24.3 Å². The van der Waals surface area contributed by atoms with E-state index in [0.29, 0.717) is 12.8 Å². The third-order valence-corrected chi connectivity index (χ3v) is 2.99. The Morgan fingerprint density at radius 1 is 0.818 bits per heavy atom. The standard InChI is InChI=1S/C14H23O7P/c1-3-7-13(15)18-9-5-11-20-22(17)21-12-6-10-19-14(16)8-4-2/h3-4,7-8,22H,5-6,9-12H2,1-2H3. The maximum absolute atomic E-state index is 11.3. The Bertz CT molecular complexity index is 368. The number of carbonyl (C=O) groups excluding carboxylic acids is 2. The molecule has 0 atom stereocenters. The van der Waals surface area contributed by atoms with Gasteiger partial charge >= 0.3 is 20.2 Å². The van der Waals surface area contributed by atoms with E-state index in [1.54, 1.807) is 26.0 Å². The highest BCUT2D eigenvalue weighted by Gasteiger charge is 2.02. The van der Waals surface area contributed by atoms with Crippen molar-refractivity contribution < 1.29 is 32.7 Å². The summed E-state index contributed by atoms with van der Waals surface area (Å²) in [7, 11) is -2.57. The molecule has 0 aliphatic carbocycles. The third-order valence-electron chi connectivity index (χ3n) is 2.11. The first-order valence-corrected chi connectivity index (χ1v) is 8.21. The van der Waals surface area contributed by atoms with Gasteiger partial charge in [0.2, 0.25) is 0 Å². The Morgan fingerprint density at radius 3 is 1.59 bits per heavy atom. The number of esters is 2. The number of carbonyl (C=O) groups is 2. The smallest absolute Gasteiger partial charge is 0.330 e. The quantitative estimate of drug-likeness (QED) is 0.234. The lowest BCUT2D eigenvalue weighted by molar-refractivity contribution is -0.138. The van der Waals surface area contributed by atoms with Gasteiger partial charge in [-0.15, -0.1) is 0 Å². The Hall–Kier alpha value is -1.43. The average molecular weight is 334 g/mol. The molecule has 22 heavy (non-hydrogen) atoms. The first-order valence-electron chi connectivity index (χ1n) is 6.98. The van der Waals surface area contributed by atoms with E-state index in [1.807, 2.05) is 0 Å². The fourth-order valence-corrected chi connectivity index (χ4v) is 1.89. The predicted molar refractivity (Wildman–Crippen MR) is 81.7 cm³/mol. The summed E-state index contributed by atoms with van der Waals surface area (Å²) < 4.78 is 30.9. The topological polar surface area (TPSA) is 88.1 Å². The molecule has 0 aromatic heterocycles. The fourth-order valence-electron chi connectivity index (χ4n) is 1.18. The molecule has 0 amide bonds. The number of ether oxygens (including phenoxy) is 2. The molecule has 0 heterocycles. The Balaban J connectivity index is 3.43. The van der Waals surface area contributed by atoms with Gasteiger partial charge in [-0.1, -0.05) is 12.2 Å². The molecule has 0 radical (unpaired) electrons. The molecule has 126 valence electrons. The number of hydrogen-bond acceptors (Lipinski definition) is 7. The largest absolute Gasteiger partial charge is 0.462 e. The van der Waals surface area contributed by atoms with Gasteiger partial charge in [0.05, 0.1) is 26.4 Å². The molecule has 0 spiro atoms. The van der Waals surface area contributed by atoms with Crippen LogP contribution in [-0.4, -0.2) is 38.4 Å². The molecule has 0 bridgehead atoms. The minimum atomic E-state index is -2.57. The maximum atomic E-state index is 11.3. The SMILES string of the molecule is CC=CC(=O)OCCCO[PH](=O)OCCCOC(=O)C=CC. The summed E-state index contributed by atoms with van der Waals surface area (Å²) in [5.41, 5.74) is 0. The van der Waals surface area contributed by atoms with Crippen LogP contribution in [0.4, 0.5) is 0 Å². The highest BCUT2D eigenvalue weighted by molar-refractivity contribution is 7.33. The fraction of sp³-hybridized carbons (Fsp3) is 0.571. The van der Waals surface area contributed by atoms with Gasteiger partial charge in [0, 0.05) is 25.0 Å². The molecular weight excluding hydrogens is 311 g/mol. The van der Waals surface area contributed by atoms with Gasteiger partial charge in [-0.05, 0) is 13.8 Å². The Morgan fingerprint density at radius 2 is 1.23 bits per heavy atom. The van der Waals surface area contributed by atoms with Crippen LogP contribution in [0.15, 0.2) is 24.3 Å². The number of rotatable bonds is 12. The number of allylic oxidation sites excluding steroid dienone is 2. The monoisotopic (exact) mass is 334 g/mol. The summed E-state index contributed by atoms with van der Waals surface area (Å²) in [6.45, 7) is 4.18. The van der Waals surface area contributed by atoms with Crippen LogP contribution in [0.5, 0.6) is 0 Å². The Kier molecular flexibility index (Phi) is 13.6. The van der Waals surface area contributed by atoms with Gasteiger partial charge < -0.3 is 18.5 Å². The molecule has 7 nitrogen and oxygen atoms in total. The van der Waals surface area contributed by atoms with Gasteiger partial charge in [-0.25, -0.2) is 9.59 Å². The minimum absolute atomic E-state index is 0.178. The summed E-state index contributed by atoms with van der Waals surface area (Å²) in [5, 5.41) is 0. The van der Waals surface area contributed by atoms with Crippen molar-refractivity contribution in [2.24, 2.45) is 0 Å². The van der Waals surface area contributed by atoms with E-state index < -0.39 is 20.2 Å². The summed E-state index contributed by atoms with van der Waals surface area (Å²) in [4.78, 5) is 21.9. The zero-order valence-electron chi connectivity index (χ0n) is 12.9. The highest BCUT2D eigenvalue weighted by atomic mass is 31.1. The molecule has 0 N–H and O–H groups in total. The van der Waals surface area contributed by atoms with Crippen molar-refractivity contribution in [1.29, 1.82) is 0 Å². The van der Waals surface area contributed by atoms with E-state index in [-0.39, 0.29) is 26.4 Å². The second kappa shape index (κ2) is 14.5. The average Bonchev–Trinajstić information content (AvgIpc) is 2.47. The second-order valence-electron chi connectivity index (χ2n) is 3.99. The van der Waals surface area contributed by atoms with Crippen molar-refractivity contribution in [3.63, 3.8) is 0 Å². The van der Waals surface area contributed by atoms with Crippen LogP contribution in [0.3, 0.4) is 0 Å². The van der Waals surface area contributed by atoms with Crippen molar-refractivity contribution in [2.75, 3.05) is 26.4 Å². The predicted octanol–water partition coefficient (Wildman–Crippen LogP) is 2.43. The number of hydrogen-bond donors (Lipinski definition) is 0. The van der Waals surface area contributed by atoms with Crippen LogP contribution in [0, 0.1) is 0 Å². The highest BCUT2D eigenvalue weighted by Crippen LogP contribution is 2.23. The zero-order valence-corrected chi connectivity index (χ0v) is 13.9. The Labute approximate surface area is 131 Å². The van der Waals surface area contributed by atoms with E-state index >= 15 is 0 Å². The molecule has 0 aliphatic heterocycles.